The standard InChI is InChI=1S/C18H30O4SSi/c1-18(2,3)24(5,6)22-14-12-15(19)16(13-14)23-11-9-7-8-10-17(20)21-4/h8,10,13-14H,7,9,11-12H2,1-6H3/b10-8+. The minimum Gasteiger partial charge on any atom is -0.466 e. The number of Topliss-reactive ketones (excluding diaryl/α,β-unsaturated/α-hetero) is 1. The molecule has 1 atom stereocenters. The third-order valence-corrected chi connectivity index (χ3v) is 10.2. The first-order chi connectivity index (χ1) is 11.1. The van der Waals surface area contributed by atoms with Gasteiger partial charge in [-0.3, -0.25) is 4.79 Å². The normalized spacial score (nSPS) is 19.0. The molecule has 0 saturated heterocycles. The molecule has 136 valence electrons. The van der Waals surface area contributed by atoms with Gasteiger partial charge in [0.15, 0.2) is 14.1 Å². The summed E-state index contributed by atoms with van der Waals surface area (Å²) in [7, 11) is -0.487. The van der Waals surface area contributed by atoms with E-state index < -0.39 is 8.32 Å². The molecule has 0 aromatic rings. The van der Waals surface area contributed by atoms with Crippen molar-refractivity contribution in [2.75, 3.05) is 12.9 Å². The van der Waals surface area contributed by atoms with Gasteiger partial charge in [0.05, 0.1) is 13.2 Å². The highest BCUT2D eigenvalue weighted by atomic mass is 32.2. The van der Waals surface area contributed by atoms with Gasteiger partial charge in [0, 0.05) is 17.4 Å². The molecule has 24 heavy (non-hydrogen) atoms. The maximum absolute atomic E-state index is 12.1. The predicted octanol–water partition coefficient (Wildman–Crippen LogP) is 4.48. The van der Waals surface area contributed by atoms with E-state index in [-0.39, 0.29) is 22.9 Å². The van der Waals surface area contributed by atoms with Crippen molar-refractivity contribution in [3.8, 4) is 0 Å². The molecular formula is C18H30O4SSi. The smallest absolute Gasteiger partial charge is 0.330 e. The zero-order chi connectivity index (χ0) is 18.4. The van der Waals surface area contributed by atoms with Crippen LogP contribution in [0.15, 0.2) is 23.1 Å². The van der Waals surface area contributed by atoms with Crippen LogP contribution in [-0.4, -0.2) is 39.0 Å². The van der Waals surface area contributed by atoms with E-state index in [0.717, 1.165) is 23.5 Å². The van der Waals surface area contributed by atoms with Gasteiger partial charge in [0.25, 0.3) is 0 Å². The van der Waals surface area contributed by atoms with E-state index in [9.17, 15) is 9.59 Å². The van der Waals surface area contributed by atoms with E-state index in [2.05, 4.69) is 38.6 Å². The number of carbonyl (C=O) groups is 2. The summed E-state index contributed by atoms with van der Waals surface area (Å²) in [5.41, 5.74) is 0. The van der Waals surface area contributed by atoms with Gasteiger partial charge in [-0.2, -0.15) is 0 Å². The van der Waals surface area contributed by atoms with Crippen LogP contribution in [0.5, 0.6) is 0 Å². The van der Waals surface area contributed by atoms with Gasteiger partial charge >= 0.3 is 5.97 Å². The average molecular weight is 371 g/mol. The number of ether oxygens (including phenoxy) is 1. The minimum absolute atomic E-state index is 0.0693. The summed E-state index contributed by atoms with van der Waals surface area (Å²) in [4.78, 5) is 23.9. The lowest BCUT2D eigenvalue weighted by molar-refractivity contribution is -0.134. The number of rotatable bonds is 8. The van der Waals surface area contributed by atoms with Crippen LogP contribution in [0, 0.1) is 0 Å². The highest BCUT2D eigenvalue weighted by Gasteiger charge is 2.40. The van der Waals surface area contributed by atoms with Crippen LogP contribution in [0.3, 0.4) is 0 Å². The molecule has 0 N–H and O–H groups in total. The van der Waals surface area contributed by atoms with Crippen LogP contribution in [-0.2, 0) is 18.8 Å². The molecule has 4 nitrogen and oxygen atoms in total. The number of methoxy groups -OCH3 is 1. The van der Waals surface area contributed by atoms with Gasteiger partial charge in [-0.05, 0) is 42.8 Å². The van der Waals surface area contributed by atoms with Crippen LogP contribution in [0.1, 0.15) is 40.0 Å². The lowest BCUT2D eigenvalue weighted by atomic mass is 10.2. The van der Waals surface area contributed by atoms with Crippen molar-refractivity contribution in [1.29, 1.82) is 0 Å². The Morgan fingerprint density at radius 1 is 1.42 bits per heavy atom. The largest absolute Gasteiger partial charge is 0.466 e. The van der Waals surface area contributed by atoms with Gasteiger partial charge in [0.1, 0.15) is 0 Å². The van der Waals surface area contributed by atoms with Gasteiger partial charge in [-0.15, -0.1) is 11.8 Å². The number of ketones is 1. The molecule has 0 saturated carbocycles. The Kier molecular flexibility index (Phi) is 7.96. The van der Waals surface area contributed by atoms with Crippen LogP contribution in [0.4, 0.5) is 0 Å². The molecule has 1 rings (SSSR count). The van der Waals surface area contributed by atoms with Gasteiger partial charge in [-0.1, -0.05) is 26.8 Å². The average Bonchev–Trinajstić information content (AvgIpc) is 2.80. The highest BCUT2D eigenvalue weighted by Crippen LogP contribution is 2.39. The Balaban J connectivity index is 2.42. The number of carbonyl (C=O) groups excluding carboxylic acids is 2. The number of thioether (sulfide) groups is 1. The Hall–Kier alpha value is -0.853. The summed E-state index contributed by atoms with van der Waals surface area (Å²) in [5.74, 6) is 0.714. The molecule has 0 aromatic heterocycles. The zero-order valence-corrected chi connectivity index (χ0v) is 17.5. The van der Waals surface area contributed by atoms with E-state index >= 15 is 0 Å². The van der Waals surface area contributed by atoms with E-state index in [0.29, 0.717) is 6.42 Å². The number of hydrogen-bond donors (Lipinski definition) is 0. The maximum Gasteiger partial charge on any atom is 0.330 e. The highest BCUT2D eigenvalue weighted by molar-refractivity contribution is 8.04. The van der Waals surface area contributed by atoms with Crippen LogP contribution in [0.25, 0.3) is 0 Å². The number of hydrogen-bond acceptors (Lipinski definition) is 5. The Morgan fingerprint density at radius 2 is 2.08 bits per heavy atom. The molecule has 1 aliphatic rings. The van der Waals surface area contributed by atoms with Crippen molar-refractivity contribution in [1.82, 2.24) is 0 Å². The van der Waals surface area contributed by atoms with Crippen LogP contribution < -0.4 is 0 Å². The second-order valence-corrected chi connectivity index (χ2v) is 13.4. The van der Waals surface area contributed by atoms with Gasteiger partial charge in [-0.25, -0.2) is 4.79 Å². The fourth-order valence-electron chi connectivity index (χ4n) is 1.99. The van der Waals surface area contributed by atoms with E-state index in [1.807, 2.05) is 6.08 Å². The van der Waals surface area contributed by atoms with Crippen LogP contribution in [0.2, 0.25) is 18.1 Å². The molecule has 0 fully saturated rings. The summed E-state index contributed by atoms with van der Waals surface area (Å²) in [6.45, 7) is 11.0. The summed E-state index contributed by atoms with van der Waals surface area (Å²) in [6.07, 6.45) is 7.35. The lowest BCUT2D eigenvalue weighted by Gasteiger charge is -2.37. The van der Waals surface area contributed by atoms with Crippen molar-refractivity contribution in [3.05, 3.63) is 23.1 Å². The van der Waals surface area contributed by atoms with E-state index in [4.69, 9.17) is 4.43 Å². The molecule has 0 aliphatic heterocycles. The molecule has 0 amide bonds. The van der Waals surface area contributed by atoms with Crippen molar-refractivity contribution in [2.45, 2.75) is 64.3 Å². The molecular weight excluding hydrogens is 340 g/mol. The van der Waals surface area contributed by atoms with Crippen molar-refractivity contribution < 1.29 is 18.8 Å². The second-order valence-electron chi connectivity index (χ2n) is 7.49. The topological polar surface area (TPSA) is 52.6 Å². The molecule has 1 unspecified atom stereocenters. The van der Waals surface area contributed by atoms with Crippen molar-refractivity contribution >= 4 is 31.8 Å². The summed E-state index contributed by atoms with van der Waals surface area (Å²) in [5, 5.41) is 0.145. The first-order valence-electron chi connectivity index (χ1n) is 8.37. The molecule has 1 aliphatic carbocycles. The monoisotopic (exact) mass is 370 g/mol. The minimum atomic E-state index is -1.85. The summed E-state index contributed by atoms with van der Waals surface area (Å²) >= 11 is 1.59. The fourth-order valence-corrected chi connectivity index (χ4v) is 4.28. The number of allylic oxidation sites excluding steroid dienone is 2. The Labute approximate surface area is 151 Å². The number of unbranched alkanes of at least 4 members (excludes halogenated alkanes) is 1. The van der Waals surface area contributed by atoms with Gasteiger partial charge in [0.2, 0.25) is 0 Å². The third kappa shape index (κ3) is 6.57. The fraction of sp³-hybridized carbons (Fsp3) is 0.667. The Bertz CT molecular complexity index is 518. The van der Waals surface area contributed by atoms with Crippen molar-refractivity contribution in [2.24, 2.45) is 0 Å². The summed E-state index contributed by atoms with van der Waals surface area (Å²) in [6, 6.07) is 0. The molecule has 6 heteroatoms. The molecule has 0 heterocycles. The van der Waals surface area contributed by atoms with E-state index in [1.165, 1.54) is 13.2 Å². The van der Waals surface area contributed by atoms with Crippen LogP contribution >= 0.6 is 11.8 Å². The first-order valence-corrected chi connectivity index (χ1v) is 12.3. The number of esters is 1. The van der Waals surface area contributed by atoms with Gasteiger partial charge < -0.3 is 9.16 Å². The molecule has 0 spiro atoms. The molecule has 0 bridgehead atoms. The SMILES string of the molecule is COC(=O)/C=C/CCCSC1=CC(O[Si](C)(C)C(C)(C)C)CC1=O. The molecule has 0 aromatic carbocycles. The quantitative estimate of drug-likeness (QED) is 0.273. The predicted molar refractivity (Wildman–Crippen MR) is 103 cm³/mol. The third-order valence-electron chi connectivity index (χ3n) is 4.48. The van der Waals surface area contributed by atoms with E-state index in [1.54, 1.807) is 17.8 Å². The molecule has 0 radical (unpaired) electrons. The zero-order valence-electron chi connectivity index (χ0n) is 15.7. The lowest BCUT2D eigenvalue weighted by Crippen LogP contribution is -2.43. The second kappa shape index (κ2) is 9.01. The van der Waals surface area contributed by atoms with Crippen molar-refractivity contribution in [3.63, 3.8) is 0 Å². The first kappa shape index (κ1) is 21.2. The summed E-state index contributed by atoms with van der Waals surface area (Å²) < 4.78 is 10.8. The Morgan fingerprint density at radius 3 is 2.67 bits per heavy atom. The maximum atomic E-state index is 12.1.